The molecule has 0 saturated carbocycles. The van der Waals surface area contributed by atoms with Crippen molar-refractivity contribution in [3.8, 4) is 0 Å². The molecule has 0 aromatic carbocycles. The first-order valence-electron chi connectivity index (χ1n) is 5.83. The molecule has 1 aromatic heterocycles. The average molecular weight is 259 g/mol. The second-order valence-corrected chi connectivity index (χ2v) is 6.61. The molecule has 0 bridgehead atoms. The topological polar surface area (TPSA) is 99.1 Å². The van der Waals surface area contributed by atoms with Gasteiger partial charge in [-0.1, -0.05) is 0 Å². The summed E-state index contributed by atoms with van der Waals surface area (Å²) in [6.45, 7) is 0.579. The number of aryl methyl sites for hydroxylation is 1. The van der Waals surface area contributed by atoms with Crippen molar-refractivity contribution in [2.75, 3.05) is 18.1 Å². The summed E-state index contributed by atoms with van der Waals surface area (Å²) >= 11 is 0. The first kappa shape index (κ1) is 12.5. The van der Waals surface area contributed by atoms with Gasteiger partial charge < -0.3 is 10.2 Å². The first-order valence-corrected chi connectivity index (χ1v) is 7.65. The van der Waals surface area contributed by atoms with E-state index in [0.717, 1.165) is 12.8 Å². The monoisotopic (exact) mass is 259 g/mol. The summed E-state index contributed by atoms with van der Waals surface area (Å²) in [6, 6.07) is 0. The van der Waals surface area contributed by atoms with Gasteiger partial charge in [0.1, 0.15) is 0 Å². The van der Waals surface area contributed by atoms with Gasteiger partial charge in [0.25, 0.3) is 0 Å². The molecule has 0 amide bonds. The summed E-state index contributed by atoms with van der Waals surface area (Å²) in [5, 5.41) is 7.85. The standard InChI is InChI=1S/C10H17N3O3S/c11-5-1-4-9-12-13-10(16-9)8-3-2-6-17(14,15)7-8/h8H,1-7,11H2. The minimum absolute atomic E-state index is 0.130. The summed E-state index contributed by atoms with van der Waals surface area (Å²) in [4.78, 5) is 0. The van der Waals surface area contributed by atoms with Gasteiger partial charge in [-0.15, -0.1) is 10.2 Å². The molecule has 6 nitrogen and oxygen atoms in total. The highest BCUT2D eigenvalue weighted by molar-refractivity contribution is 7.91. The summed E-state index contributed by atoms with van der Waals surface area (Å²) in [6.07, 6.45) is 2.93. The van der Waals surface area contributed by atoms with E-state index in [4.69, 9.17) is 10.2 Å². The molecule has 2 N–H and O–H groups in total. The van der Waals surface area contributed by atoms with Gasteiger partial charge in [-0.3, -0.25) is 0 Å². The quantitative estimate of drug-likeness (QED) is 0.832. The van der Waals surface area contributed by atoms with E-state index in [0.29, 0.717) is 31.2 Å². The van der Waals surface area contributed by atoms with Crippen LogP contribution in [0.5, 0.6) is 0 Å². The average Bonchev–Trinajstić information content (AvgIpc) is 2.73. The molecule has 1 atom stereocenters. The van der Waals surface area contributed by atoms with Gasteiger partial charge in [0.2, 0.25) is 11.8 Å². The lowest BCUT2D eigenvalue weighted by Gasteiger charge is -2.18. The second-order valence-electron chi connectivity index (χ2n) is 4.38. The van der Waals surface area contributed by atoms with Crippen molar-refractivity contribution in [3.63, 3.8) is 0 Å². The lowest BCUT2D eigenvalue weighted by atomic mass is 10.1. The van der Waals surface area contributed by atoms with Crippen LogP contribution in [0.15, 0.2) is 4.42 Å². The van der Waals surface area contributed by atoms with Crippen LogP contribution in [-0.2, 0) is 16.3 Å². The zero-order chi connectivity index (χ0) is 12.3. The van der Waals surface area contributed by atoms with E-state index < -0.39 is 9.84 Å². The molecule has 2 heterocycles. The third kappa shape index (κ3) is 3.26. The van der Waals surface area contributed by atoms with E-state index in [1.54, 1.807) is 0 Å². The molecule has 1 unspecified atom stereocenters. The minimum Gasteiger partial charge on any atom is -0.425 e. The SMILES string of the molecule is NCCCc1nnc(C2CCCS(=O)(=O)C2)o1. The predicted molar refractivity (Wildman–Crippen MR) is 62.3 cm³/mol. The molecule has 0 spiro atoms. The molecule has 2 rings (SSSR count). The van der Waals surface area contributed by atoms with Crippen molar-refractivity contribution in [1.82, 2.24) is 10.2 Å². The fraction of sp³-hybridized carbons (Fsp3) is 0.800. The molecule has 1 saturated heterocycles. The molecule has 7 heteroatoms. The van der Waals surface area contributed by atoms with Crippen molar-refractivity contribution in [3.05, 3.63) is 11.8 Å². The molecule has 1 fully saturated rings. The Hall–Kier alpha value is -0.950. The Bertz CT molecular complexity index is 469. The number of hydrogen-bond donors (Lipinski definition) is 1. The summed E-state index contributed by atoms with van der Waals surface area (Å²) in [5.41, 5.74) is 5.39. The lowest BCUT2D eigenvalue weighted by molar-refractivity contribution is 0.405. The maximum atomic E-state index is 11.5. The van der Waals surface area contributed by atoms with Gasteiger partial charge in [0, 0.05) is 6.42 Å². The molecule has 1 aliphatic heterocycles. The number of nitrogens with zero attached hydrogens (tertiary/aromatic N) is 2. The van der Waals surface area contributed by atoms with E-state index in [1.165, 1.54) is 0 Å². The molecule has 1 aliphatic rings. The van der Waals surface area contributed by atoms with Gasteiger partial charge >= 0.3 is 0 Å². The van der Waals surface area contributed by atoms with Crippen LogP contribution in [0.2, 0.25) is 0 Å². The highest BCUT2D eigenvalue weighted by Gasteiger charge is 2.29. The first-order chi connectivity index (χ1) is 8.11. The van der Waals surface area contributed by atoms with E-state index in [2.05, 4.69) is 10.2 Å². The largest absolute Gasteiger partial charge is 0.425 e. The Balaban J connectivity index is 2.04. The smallest absolute Gasteiger partial charge is 0.220 e. The van der Waals surface area contributed by atoms with Gasteiger partial charge in [0.15, 0.2) is 9.84 Å². The van der Waals surface area contributed by atoms with Gasteiger partial charge in [-0.05, 0) is 25.8 Å². The minimum atomic E-state index is -2.94. The Morgan fingerprint density at radius 2 is 2.24 bits per heavy atom. The van der Waals surface area contributed by atoms with Crippen LogP contribution < -0.4 is 5.73 Å². The van der Waals surface area contributed by atoms with Crippen LogP contribution in [0.4, 0.5) is 0 Å². The summed E-state index contributed by atoms with van der Waals surface area (Å²) in [7, 11) is -2.94. The number of sulfone groups is 1. The van der Waals surface area contributed by atoms with E-state index in [9.17, 15) is 8.42 Å². The van der Waals surface area contributed by atoms with E-state index in [1.807, 2.05) is 0 Å². The van der Waals surface area contributed by atoms with E-state index >= 15 is 0 Å². The molecular weight excluding hydrogens is 242 g/mol. The Labute approximate surface area is 101 Å². The summed E-state index contributed by atoms with van der Waals surface area (Å²) < 4.78 is 28.5. The van der Waals surface area contributed by atoms with Crippen LogP contribution in [0.25, 0.3) is 0 Å². The Kier molecular flexibility index (Phi) is 3.78. The molecule has 1 aromatic rings. The zero-order valence-electron chi connectivity index (χ0n) is 9.63. The van der Waals surface area contributed by atoms with Crippen LogP contribution in [0.3, 0.4) is 0 Å². The van der Waals surface area contributed by atoms with Crippen molar-refractivity contribution < 1.29 is 12.8 Å². The van der Waals surface area contributed by atoms with Crippen LogP contribution in [-0.4, -0.2) is 36.7 Å². The molecule has 0 aliphatic carbocycles. The van der Waals surface area contributed by atoms with Crippen LogP contribution in [0.1, 0.15) is 37.0 Å². The predicted octanol–water partition coefficient (Wildman–Crippen LogP) is 0.253. The van der Waals surface area contributed by atoms with Gasteiger partial charge in [-0.2, -0.15) is 0 Å². The third-order valence-electron chi connectivity index (χ3n) is 2.89. The van der Waals surface area contributed by atoms with Gasteiger partial charge in [-0.25, -0.2) is 8.42 Å². The maximum Gasteiger partial charge on any atom is 0.220 e. The van der Waals surface area contributed by atoms with Gasteiger partial charge in [0.05, 0.1) is 17.4 Å². The van der Waals surface area contributed by atoms with Crippen molar-refractivity contribution in [2.24, 2.45) is 5.73 Å². The Morgan fingerprint density at radius 3 is 2.94 bits per heavy atom. The second kappa shape index (κ2) is 5.14. The van der Waals surface area contributed by atoms with E-state index in [-0.39, 0.29) is 17.4 Å². The number of aromatic nitrogens is 2. The molecule has 96 valence electrons. The fourth-order valence-corrected chi connectivity index (χ4v) is 3.70. The molecule has 17 heavy (non-hydrogen) atoms. The lowest BCUT2D eigenvalue weighted by Crippen LogP contribution is -2.23. The molecular formula is C10H17N3O3S. The van der Waals surface area contributed by atoms with Crippen LogP contribution in [0, 0.1) is 0 Å². The van der Waals surface area contributed by atoms with Crippen LogP contribution >= 0.6 is 0 Å². The Morgan fingerprint density at radius 1 is 1.41 bits per heavy atom. The normalized spacial score (nSPS) is 23.7. The highest BCUT2D eigenvalue weighted by Crippen LogP contribution is 2.27. The summed E-state index contributed by atoms with van der Waals surface area (Å²) in [5.74, 6) is 1.28. The van der Waals surface area contributed by atoms with Crippen molar-refractivity contribution >= 4 is 9.84 Å². The maximum absolute atomic E-state index is 11.5. The van der Waals surface area contributed by atoms with Crippen molar-refractivity contribution in [2.45, 2.75) is 31.6 Å². The zero-order valence-corrected chi connectivity index (χ0v) is 10.4. The number of hydrogen-bond acceptors (Lipinski definition) is 6. The molecule has 0 radical (unpaired) electrons. The van der Waals surface area contributed by atoms with Crippen molar-refractivity contribution in [1.29, 1.82) is 0 Å². The fourth-order valence-electron chi connectivity index (χ4n) is 2.00. The third-order valence-corrected chi connectivity index (χ3v) is 4.71. The highest BCUT2D eigenvalue weighted by atomic mass is 32.2. The number of rotatable bonds is 4. The number of nitrogens with two attached hydrogens (primary N) is 1.